The lowest BCUT2D eigenvalue weighted by atomic mass is 10.1. The summed E-state index contributed by atoms with van der Waals surface area (Å²) in [7, 11) is 0. The van der Waals surface area contributed by atoms with Crippen LogP contribution in [0.25, 0.3) is 16.6 Å². The standard InChI is InChI=1S/C25H26N6O/c1-17-16-29(13-14-30(17)24(32)19-11-12-19)25-26-21-10-6-5-9-20(21)23-28-27-22(31(23)25)15-18-7-3-2-4-8-18/h2-10,17,19H,11-16H2,1H3. The third-order valence-corrected chi connectivity index (χ3v) is 6.62. The number of rotatable bonds is 4. The van der Waals surface area contributed by atoms with Crippen molar-refractivity contribution in [3.8, 4) is 0 Å². The fourth-order valence-electron chi connectivity index (χ4n) is 4.76. The summed E-state index contributed by atoms with van der Waals surface area (Å²) >= 11 is 0. The first-order valence-electron chi connectivity index (χ1n) is 11.4. The molecule has 7 heteroatoms. The Hall–Kier alpha value is -3.48. The summed E-state index contributed by atoms with van der Waals surface area (Å²) in [4.78, 5) is 22.1. The maximum absolute atomic E-state index is 12.7. The van der Waals surface area contributed by atoms with E-state index in [1.165, 1.54) is 5.56 Å². The SMILES string of the molecule is CC1CN(c2nc3ccccc3c3nnc(Cc4ccccc4)n23)CCN1C(=O)C1CC1. The van der Waals surface area contributed by atoms with Crippen molar-refractivity contribution in [1.29, 1.82) is 0 Å². The lowest BCUT2D eigenvalue weighted by Crippen LogP contribution is -2.55. The minimum absolute atomic E-state index is 0.147. The molecule has 1 atom stereocenters. The van der Waals surface area contributed by atoms with Crippen molar-refractivity contribution in [3.05, 3.63) is 66.0 Å². The van der Waals surface area contributed by atoms with E-state index in [0.29, 0.717) is 12.3 Å². The number of nitrogens with zero attached hydrogens (tertiary/aromatic N) is 6. The van der Waals surface area contributed by atoms with E-state index in [1.54, 1.807) is 0 Å². The van der Waals surface area contributed by atoms with Crippen molar-refractivity contribution in [1.82, 2.24) is 24.5 Å². The first-order valence-corrected chi connectivity index (χ1v) is 11.4. The molecule has 1 saturated carbocycles. The minimum Gasteiger partial charge on any atom is -0.338 e. The predicted molar refractivity (Wildman–Crippen MR) is 124 cm³/mol. The first-order chi connectivity index (χ1) is 15.7. The largest absolute Gasteiger partial charge is 0.338 e. The number of hydrogen-bond donors (Lipinski definition) is 0. The van der Waals surface area contributed by atoms with Gasteiger partial charge in [0.25, 0.3) is 0 Å². The fourth-order valence-corrected chi connectivity index (χ4v) is 4.76. The predicted octanol–water partition coefficient (Wildman–Crippen LogP) is 3.32. The monoisotopic (exact) mass is 426 g/mol. The lowest BCUT2D eigenvalue weighted by Gasteiger charge is -2.40. The number of carbonyl (C=O) groups excluding carboxylic acids is 1. The van der Waals surface area contributed by atoms with Crippen LogP contribution in [0.4, 0.5) is 5.95 Å². The second-order valence-electron chi connectivity index (χ2n) is 8.97. The van der Waals surface area contributed by atoms with Gasteiger partial charge in [-0.3, -0.25) is 4.79 Å². The number of aromatic nitrogens is 4. The summed E-state index contributed by atoms with van der Waals surface area (Å²) in [5.41, 5.74) is 2.94. The molecule has 4 aromatic rings. The second-order valence-corrected chi connectivity index (χ2v) is 8.97. The van der Waals surface area contributed by atoms with Gasteiger partial charge in [-0.15, -0.1) is 10.2 Å². The van der Waals surface area contributed by atoms with E-state index in [2.05, 4.69) is 49.5 Å². The number of piperazine rings is 1. The van der Waals surface area contributed by atoms with Crippen LogP contribution in [0.3, 0.4) is 0 Å². The van der Waals surface area contributed by atoms with Crippen LogP contribution in [0, 0.1) is 5.92 Å². The maximum Gasteiger partial charge on any atom is 0.226 e. The van der Waals surface area contributed by atoms with Gasteiger partial charge in [0.2, 0.25) is 11.9 Å². The second kappa shape index (κ2) is 7.58. The van der Waals surface area contributed by atoms with Gasteiger partial charge in [0.05, 0.1) is 5.52 Å². The fraction of sp³-hybridized carbons (Fsp3) is 0.360. The number of fused-ring (bicyclic) bond motifs is 3. The summed E-state index contributed by atoms with van der Waals surface area (Å²) in [6.07, 6.45) is 2.77. The van der Waals surface area contributed by atoms with Crippen LogP contribution in [0.1, 0.15) is 31.2 Å². The van der Waals surface area contributed by atoms with Crippen LogP contribution in [0.5, 0.6) is 0 Å². The minimum atomic E-state index is 0.147. The lowest BCUT2D eigenvalue weighted by molar-refractivity contribution is -0.134. The van der Waals surface area contributed by atoms with Gasteiger partial charge in [-0.1, -0.05) is 42.5 Å². The van der Waals surface area contributed by atoms with E-state index in [9.17, 15) is 4.79 Å². The van der Waals surface area contributed by atoms with Crippen LogP contribution in [-0.2, 0) is 11.2 Å². The highest BCUT2D eigenvalue weighted by Crippen LogP contribution is 2.33. The van der Waals surface area contributed by atoms with Gasteiger partial charge in [0, 0.05) is 43.4 Å². The van der Waals surface area contributed by atoms with Gasteiger partial charge in [-0.05, 0) is 37.5 Å². The van der Waals surface area contributed by atoms with Crippen LogP contribution in [0.15, 0.2) is 54.6 Å². The number of carbonyl (C=O) groups is 1. The van der Waals surface area contributed by atoms with E-state index < -0.39 is 0 Å². The molecular weight excluding hydrogens is 400 g/mol. The topological polar surface area (TPSA) is 66.6 Å². The molecule has 1 aliphatic heterocycles. The van der Waals surface area contributed by atoms with E-state index in [-0.39, 0.29) is 12.0 Å². The van der Waals surface area contributed by atoms with Crippen LogP contribution >= 0.6 is 0 Å². The molecule has 1 amide bonds. The third-order valence-electron chi connectivity index (χ3n) is 6.62. The Labute approximate surface area is 186 Å². The molecule has 2 fully saturated rings. The van der Waals surface area contributed by atoms with Crippen molar-refractivity contribution < 1.29 is 4.79 Å². The summed E-state index contributed by atoms with van der Waals surface area (Å²) in [6.45, 7) is 4.37. The molecule has 2 aliphatic rings. The molecule has 1 unspecified atom stereocenters. The number of para-hydroxylation sites is 1. The number of amides is 1. The van der Waals surface area contributed by atoms with Gasteiger partial charge in [-0.25, -0.2) is 9.38 Å². The smallest absolute Gasteiger partial charge is 0.226 e. The van der Waals surface area contributed by atoms with Crippen molar-refractivity contribution in [2.45, 2.75) is 32.2 Å². The summed E-state index contributed by atoms with van der Waals surface area (Å²) in [6, 6.07) is 18.6. The van der Waals surface area contributed by atoms with Gasteiger partial charge in [0.15, 0.2) is 5.65 Å². The molecule has 32 heavy (non-hydrogen) atoms. The zero-order chi connectivity index (χ0) is 21.7. The highest BCUT2D eigenvalue weighted by molar-refractivity contribution is 5.92. The van der Waals surface area contributed by atoms with Crippen molar-refractivity contribution in [3.63, 3.8) is 0 Å². The van der Waals surface area contributed by atoms with E-state index in [4.69, 9.17) is 4.98 Å². The molecule has 6 rings (SSSR count). The quantitative estimate of drug-likeness (QED) is 0.501. The van der Waals surface area contributed by atoms with Gasteiger partial charge in [0.1, 0.15) is 5.82 Å². The van der Waals surface area contributed by atoms with Crippen molar-refractivity contribution in [2.75, 3.05) is 24.5 Å². The normalized spacial score (nSPS) is 19.1. The molecule has 0 bridgehead atoms. The molecule has 162 valence electrons. The van der Waals surface area contributed by atoms with Crippen LogP contribution < -0.4 is 4.90 Å². The molecule has 2 aromatic carbocycles. The Morgan fingerprint density at radius 1 is 1.00 bits per heavy atom. The zero-order valence-corrected chi connectivity index (χ0v) is 18.2. The van der Waals surface area contributed by atoms with Crippen LogP contribution in [-0.4, -0.2) is 56.1 Å². The molecule has 7 nitrogen and oxygen atoms in total. The van der Waals surface area contributed by atoms with Gasteiger partial charge >= 0.3 is 0 Å². The number of hydrogen-bond acceptors (Lipinski definition) is 5. The van der Waals surface area contributed by atoms with Crippen molar-refractivity contribution in [2.24, 2.45) is 5.92 Å². The Morgan fingerprint density at radius 3 is 2.56 bits per heavy atom. The van der Waals surface area contributed by atoms with Gasteiger partial charge < -0.3 is 9.80 Å². The Balaban J connectivity index is 1.42. The molecule has 3 heterocycles. The highest BCUT2D eigenvalue weighted by Gasteiger charge is 2.38. The molecule has 1 aliphatic carbocycles. The zero-order valence-electron chi connectivity index (χ0n) is 18.2. The van der Waals surface area contributed by atoms with E-state index in [0.717, 1.165) is 60.8 Å². The molecule has 1 saturated heterocycles. The number of benzene rings is 2. The molecular formula is C25H26N6O. The van der Waals surface area contributed by atoms with Crippen molar-refractivity contribution >= 4 is 28.4 Å². The first kappa shape index (κ1) is 19.2. The van der Waals surface area contributed by atoms with Crippen LogP contribution in [0.2, 0.25) is 0 Å². The Morgan fingerprint density at radius 2 is 1.78 bits per heavy atom. The molecule has 2 aromatic heterocycles. The molecule has 0 radical (unpaired) electrons. The maximum atomic E-state index is 12.7. The summed E-state index contributed by atoms with van der Waals surface area (Å²) in [5.74, 6) is 2.32. The number of anilines is 1. The van der Waals surface area contributed by atoms with E-state index in [1.807, 2.05) is 36.4 Å². The highest BCUT2D eigenvalue weighted by atomic mass is 16.2. The molecule has 0 spiro atoms. The van der Waals surface area contributed by atoms with E-state index >= 15 is 0 Å². The Kier molecular flexibility index (Phi) is 4.56. The summed E-state index contributed by atoms with van der Waals surface area (Å²) < 4.78 is 2.11. The average Bonchev–Trinajstić information content (AvgIpc) is 3.59. The summed E-state index contributed by atoms with van der Waals surface area (Å²) in [5, 5.41) is 10.1. The Bertz CT molecular complexity index is 1300. The third kappa shape index (κ3) is 3.28. The molecule has 0 N–H and O–H groups in total. The average molecular weight is 427 g/mol. The van der Waals surface area contributed by atoms with Gasteiger partial charge in [-0.2, -0.15) is 0 Å².